The van der Waals surface area contributed by atoms with E-state index in [1.54, 1.807) is 0 Å². The lowest BCUT2D eigenvalue weighted by atomic mass is 10.3. The van der Waals surface area contributed by atoms with Crippen LogP contribution in [0.2, 0.25) is 5.02 Å². The van der Waals surface area contributed by atoms with Crippen LogP contribution in [0.25, 0.3) is 0 Å². The van der Waals surface area contributed by atoms with Crippen molar-refractivity contribution in [3.05, 3.63) is 33.3 Å². The molecule has 0 bridgehead atoms. The first kappa shape index (κ1) is 13.8. The van der Waals surface area contributed by atoms with Crippen LogP contribution in [0.1, 0.15) is 0 Å². The summed E-state index contributed by atoms with van der Waals surface area (Å²) in [5, 5.41) is 10.5. The summed E-state index contributed by atoms with van der Waals surface area (Å²) in [4.78, 5) is 9.38. The number of halogens is 1. The third kappa shape index (κ3) is 3.13. The van der Waals surface area contributed by atoms with Gasteiger partial charge in [-0.2, -0.15) is 0 Å². The molecule has 9 heteroatoms. The average Bonchev–Trinajstić information content (AvgIpc) is 2.25. The molecule has 1 rings (SSSR count). The van der Waals surface area contributed by atoms with Crippen LogP contribution in [0.4, 0.5) is 5.69 Å². The summed E-state index contributed by atoms with van der Waals surface area (Å²) in [6, 6.07) is 3.65. The Balaban J connectivity index is 3.34. The summed E-state index contributed by atoms with van der Waals surface area (Å²) in [6.07, 6.45) is 0. The van der Waals surface area contributed by atoms with Gasteiger partial charge in [0.1, 0.15) is 0 Å². The molecule has 0 aromatic heterocycles. The highest BCUT2D eigenvalue weighted by atomic mass is 35.5. The van der Waals surface area contributed by atoms with Crippen LogP contribution in [0.15, 0.2) is 23.1 Å². The first-order valence-corrected chi connectivity index (χ1v) is 6.39. The van der Waals surface area contributed by atoms with Gasteiger partial charge < -0.3 is 5.73 Å². The highest BCUT2D eigenvalue weighted by molar-refractivity contribution is 7.89. The van der Waals surface area contributed by atoms with Gasteiger partial charge in [0, 0.05) is 19.2 Å². The van der Waals surface area contributed by atoms with Crippen LogP contribution in [0.5, 0.6) is 0 Å². The molecule has 1 aromatic rings. The molecule has 17 heavy (non-hydrogen) atoms. The van der Waals surface area contributed by atoms with Crippen molar-refractivity contribution >= 4 is 27.3 Å². The monoisotopic (exact) mass is 279 g/mol. The zero-order valence-corrected chi connectivity index (χ0v) is 10.2. The average molecular weight is 280 g/mol. The van der Waals surface area contributed by atoms with Gasteiger partial charge in [-0.05, 0) is 6.07 Å². The lowest BCUT2D eigenvalue weighted by Crippen LogP contribution is -2.29. The molecule has 0 saturated heterocycles. The van der Waals surface area contributed by atoms with E-state index in [4.69, 9.17) is 17.3 Å². The first-order chi connectivity index (χ1) is 7.90. The third-order valence-corrected chi connectivity index (χ3v) is 3.83. The Morgan fingerprint density at radius 3 is 2.65 bits per heavy atom. The summed E-state index contributed by atoms with van der Waals surface area (Å²) in [6.45, 7) is 0.0577. The number of rotatable bonds is 5. The molecule has 0 radical (unpaired) electrons. The Labute approximate surface area is 103 Å². The lowest BCUT2D eigenvalue weighted by Gasteiger charge is -2.07. The van der Waals surface area contributed by atoms with E-state index in [1.807, 2.05) is 0 Å². The van der Waals surface area contributed by atoms with E-state index >= 15 is 0 Å². The summed E-state index contributed by atoms with van der Waals surface area (Å²) in [5.74, 6) is 0. The van der Waals surface area contributed by atoms with Gasteiger partial charge in [0.05, 0.1) is 9.95 Å². The van der Waals surface area contributed by atoms with Crippen LogP contribution in [0, 0.1) is 10.1 Å². The molecule has 0 spiro atoms. The lowest BCUT2D eigenvalue weighted by molar-refractivity contribution is -0.387. The third-order valence-electron chi connectivity index (χ3n) is 1.85. The SMILES string of the molecule is NCCNS(=O)(=O)c1c(Cl)cccc1[N+](=O)[O-]. The van der Waals surface area contributed by atoms with Crippen molar-refractivity contribution in [2.24, 2.45) is 5.73 Å². The quantitative estimate of drug-likeness (QED) is 0.601. The minimum Gasteiger partial charge on any atom is -0.329 e. The molecule has 0 aliphatic rings. The second kappa shape index (κ2) is 5.41. The van der Waals surface area contributed by atoms with Gasteiger partial charge in [0.15, 0.2) is 4.90 Å². The number of nitrogens with two attached hydrogens (primary N) is 1. The highest BCUT2D eigenvalue weighted by Crippen LogP contribution is 2.30. The smallest absolute Gasteiger partial charge is 0.290 e. The Hall–Kier alpha value is -1.22. The van der Waals surface area contributed by atoms with Crippen molar-refractivity contribution in [1.82, 2.24) is 4.72 Å². The zero-order chi connectivity index (χ0) is 13.1. The normalized spacial score (nSPS) is 11.4. The van der Waals surface area contributed by atoms with Crippen molar-refractivity contribution in [1.29, 1.82) is 0 Å². The molecule has 0 heterocycles. The standard InChI is InChI=1S/C8H10ClN3O4S/c9-6-2-1-3-7(12(13)14)8(6)17(15,16)11-5-4-10/h1-3,11H,4-5,10H2. The molecule has 3 N–H and O–H groups in total. The van der Waals surface area contributed by atoms with E-state index in [2.05, 4.69) is 4.72 Å². The topological polar surface area (TPSA) is 115 Å². The Kier molecular flexibility index (Phi) is 4.40. The molecule has 0 amide bonds. The summed E-state index contributed by atoms with van der Waals surface area (Å²) in [5.41, 5.74) is 4.59. The Bertz CT molecular complexity index is 532. The fourth-order valence-electron chi connectivity index (χ4n) is 1.17. The number of benzene rings is 1. The van der Waals surface area contributed by atoms with E-state index in [0.717, 1.165) is 6.07 Å². The number of hydrogen-bond donors (Lipinski definition) is 2. The fraction of sp³-hybridized carbons (Fsp3) is 0.250. The van der Waals surface area contributed by atoms with Gasteiger partial charge in [-0.1, -0.05) is 17.7 Å². The van der Waals surface area contributed by atoms with Gasteiger partial charge in [0.2, 0.25) is 10.0 Å². The largest absolute Gasteiger partial charge is 0.329 e. The van der Waals surface area contributed by atoms with Gasteiger partial charge in [-0.3, -0.25) is 10.1 Å². The summed E-state index contributed by atoms with van der Waals surface area (Å²) in [7, 11) is -4.03. The van der Waals surface area contributed by atoms with Crippen molar-refractivity contribution in [3.8, 4) is 0 Å². The fourth-order valence-corrected chi connectivity index (χ4v) is 2.92. The molecule has 94 valence electrons. The van der Waals surface area contributed by atoms with E-state index in [9.17, 15) is 18.5 Å². The van der Waals surface area contributed by atoms with Crippen LogP contribution in [-0.4, -0.2) is 26.4 Å². The van der Waals surface area contributed by atoms with Gasteiger partial charge in [-0.15, -0.1) is 0 Å². The minimum absolute atomic E-state index is 0.0231. The van der Waals surface area contributed by atoms with E-state index in [1.165, 1.54) is 12.1 Å². The Morgan fingerprint density at radius 1 is 1.47 bits per heavy atom. The number of hydrogen-bond acceptors (Lipinski definition) is 5. The number of nitro benzene ring substituents is 1. The second-order valence-corrected chi connectivity index (χ2v) is 5.14. The molecule has 0 aliphatic carbocycles. The maximum Gasteiger partial charge on any atom is 0.290 e. The van der Waals surface area contributed by atoms with Gasteiger partial charge in [-0.25, -0.2) is 13.1 Å². The van der Waals surface area contributed by atoms with Crippen molar-refractivity contribution in [2.75, 3.05) is 13.1 Å². The maximum atomic E-state index is 11.8. The maximum absolute atomic E-state index is 11.8. The number of nitrogens with one attached hydrogen (secondary N) is 1. The van der Waals surface area contributed by atoms with Crippen LogP contribution in [0.3, 0.4) is 0 Å². The second-order valence-electron chi connectivity index (χ2n) is 3.03. The number of nitrogens with zero attached hydrogens (tertiary/aromatic N) is 1. The molecule has 0 aliphatic heterocycles. The molecule has 0 saturated carbocycles. The molecule has 0 atom stereocenters. The van der Waals surface area contributed by atoms with Gasteiger partial charge >= 0.3 is 0 Å². The molecule has 1 aromatic carbocycles. The van der Waals surface area contributed by atoms with E-state index in [0.29, 0.717) is 0 Å². The molecule has 7 nitrogen and oxygen atoms in total. The van der Waals surface area contributed by atoms with Crippen LogP contribution < -0.4 is 10.5 Å². The van der Waals surface area contributed by atoms with Crippen LogP contribution in [-0.2, 0) is 10.0 Å². The zero-order valence-electron chi connectivity index (χ0n) is 8.59. The van der Waals surface area contributed by atoms with Crippen molar-refractivity contribution in [3.63, 3.8) is 0 Å². The van der Waals surface area contributed by atoms with Crippen LogP contribution >= 0.6 is 11.6 Å². The summed E-state index contributed by atoms with van der Waals surface area (Å²) >= 11 is 5.68. The Morgan fingerprint density at radius 2 is 2.12 bits per heavy atom. The van der Waals surface area contributed by atoms with E-state index in [-0.39, 0.29) is 18.1 Å². The highest BCUT2D eigenvalue weighted by Gasteiger charge is 2.28. The molecular weight excluding hydrogens is 270 g/mol. The van der Waals surface area contributed by atoms with Gasteiger partial charge in [0.25, 0.3) is 5.69 Å². The number of sulfonamides is 1. The molecule has 0 unspecified atom stereocenters. The molecule has 0 fully saturated rings. The minimum atomic E-state index is -4.03. The van der Waals surface area contributed by atoms with Crippen molar-refractivity contribution < 1.29 is 13.3 Å². The van der Waals surface area contributed by atoms with E-state index < -0.39 is 25.5 Å². The predicted octanol–water partition coefficient (Wildman–Crippen LogP) is 0.485. The molecular formula is C8H10ClN3O4S. The first-order valence-electron chi connectivity index (χ1n) is 4.53. The summed E-state index contributed by atoms with van der Waals surface area (Å²) < 4.78 is 25.7. The van der Waals surface area contributed by atoms with Crippen molar-refractivity contribution in [2.45, 2.75) is 4.90 Å². The predicted molar refractivity (Wildman–Crippen MR) is 62.3 cm³/mol. The number of nitro groups is 1.